The molecule has 0 aromatic carbocycles. The quantitative estimate of drug-likeness (QED) is 0.690. The highest BCUT2D eigenvalue weighted by Gasteiger charge is 2.22. The fourth-order valence-corrected chi connectivity index (χ4v) is 3.29. The molecule has 122 valence electrons. The molecule has 0 spiro atoms. The van der Waals surface area contributed by atoms with Crippen LogP contribution in [0.1, 0.15) is 24.5 Å². The van der Waals surface area contributed by atoms with Gasteiger partial charge in [-0.3, -0.25) is 10.1 Å². The van der Waals surface area contributed by atoms with Crippen molar-refractivity contribution in [1.82, 2.24) is 25.5 Å². The fourth-order valence-electron chi connectivity index (χ4n) is 3.29. The summed E-state index contributed by atoms with van der Waals surface area (Å²) in [5.74, 6) is 0.965. The third-order valence-electron chi connectivity index (χ3n) is 4.57. The first-order valence-corrected chi connectivity index (χ1v) is 8.24. The number of aromatic amines is 1. The van der Waals surface area contributed by atoms with Gasteiger partial charge in [-0.05, 0) is 44.1 Å². The van der Waals surface area contributed by atoms with Gasteiger partial charge in [-0.1, -0.05) is 6.07 Å². The average Bonchev–Trinajstić information content (AvgIpc) is 3.13. The van der Waals surface area contributed by atoms with Crippen LogP contribution >= 0.6 is 0 Å². The maximum Gasteiger partial charge on any atom is 0.132 e. The van der Waals surface area contributed by atoms with E-state index in [2.05, 4.69) is 31.5 Å². The van der Waals surface area contributed by atoms with E-state index in [0.29, 0.717) is 11.7 Å². The molecule has 3 aromatic rings. The van der Waals surface area contributed by atoms with Crippen molar-refractivity contribution in [1.29, 1.82) is 0 Å². The molecular weight excluding hydrogens is 300 g/mol. The Morgan fingerprint density at radius 3 is 2.75 bits per heavy atom. The van der Waals surface area contributed by atoms with Crippen LogP contribution in [-0.2, 0) is 0 Å². The Morgan fingerprint density at radius 1 is 1.08 bits per heavy atom. The van der Waals surface area contributed by atoms with Crippen molar-refractivity contribution in [2.45, 2.75) is 18.8 Å². The van der Waals surface area contributed by atoms with E-state index in [1.807, 2.05) is 30.6 Å². The minimum atomic E-state index is 0.475. The molecule has 6 heteroatoms. The Balaban J connectivity index is 1.74. The van der Waals surface area contributed by atoms with E-state index >= 15 is 0 Å². The minimum Gasteiger partial charge on any atom is -0.383 e. The Bertz CT molecular complexity index is 821. The molecule has 0 saturated carbocycles. The van der Waals surface area contributed by atoms with Gasteiger partial charge in [0.15, 0.2) is 0 Å². The third-order valence-corrected chi connectivity index (χ3v) is 4.57. The lowest BCUT2D eigenvalue weighted by Crippen LogP contribution is -2.27. The monoisotopic (exact) mass is 320 g/mol. The van der Waals surface area contributed by atoms with E-state index in [1.54, 1.807) is 6.20 Å². The van der Waals surface area contributed by atoms with Gasteiger partial charge in [0.25, 0.3) is 0 Å². The average molecular weight is 320 g/mol. The van der Waals surface area contributed by atoms with Crippen molar-refractivity contribution in [2.75, 3.05) is 18.8 Å². The van der Waals surface area contributed by atoms with Crippen LogP contribution in [0.25, 0.3) is 22.4 Å². The van der Waals surface area contributed by atoms with Crippen molar-refractivity contribution >= 4 is 5.82 Å². The standard InChI is InChI=1S/C18H20N6/c19-18-14(16-3-1-2-6-21-16)9-13(10-22-18)15-11-23-24-17(15)12-4-7-20-8-5-12/h1-3,6,9-12,20H,4-5,7-8H2,(H2,19,22)(H,23,24). The number of hydrogen-bond donors (Lipinski definition) is 3. The van der Waals surface area contributed by atoms with Crippen molar-refractivity contribution in [2.24, 2.45) is 0 Å². The summed E-state index contributed by atoms with van der Waals surface area (Å²) < 4.78 is 0. The van der Waals surface area contributed by atoms with E-state index in [-0.39, 0.29) is 0 Å². The van der Waals surface area contributed by atoms with Crippen LogP contribution in [0.4, 0.5) is 5.82 Å². The molecule has 4 rings (SSSR count). The van der Waals surface area contributed by atoms with Crippen LogP contribution in [0.15, 0.2) is 42.9 Å². The van der Waals surface area contributed by atoms with Gasteiger partial charge in [-0.25, -0.2) is 4.98 Å². The number of nitrogen functional groups attached to an aromatic ring is 1. The summed E-state index contributed by atoms with van der Waals surface area (Å²) in [6.07, 6.45) is 7.74. The van der Waals surface area contributed by atoms with Crippen LogP contribution < -0.4 is 11.1 Å². The number of nitrogens with two attached hydrogens (primary N) is 1. The number of anilines is 1. The predicted octanol–water partition coefficient (Wildman–Crippen LogP) is 2.58. The van der Waals surface area contributed by atoms with Crippen LogP contribution in [0.3, 0.4) is 0 Å². The summed E-state index contributed by atoms with van der Waals surface area (Å²) in [5, 5.41) is 10.9. The molecule has 0 amide bonds. The van der Waals surface area contributed by atoms with Crippen LogP contribution in [-0.4, -0.2) is 33.3 Å². The molecule has 24 heavy (non-hydrogen) atoms. The summed E-state index contributed by atoms with van der Waals surface area (Å²) in [4.78, 5) is 8.77. The van der Waals surface area contributed by atoms with Gasteiger partial charge < -0.3 is 11.1 Å². The molecule has 1 aliphatic rings. The largest absolute Gasteiger partial charge is 0.383 e. The highest BCUT2D eigenvalue weighted by Crippen LogP contribution is 2.34. The van der Waals surface area contributed by atoms with Gasteiger partial charge in [0, 0.05) is 41.2 Å². The fraction of sp³-hybridized carbons (Fsp3) is 0.278. The lowest BCUT2D eigenvalue weighted by atomic mass is 9.90. The smallest absolute Gasteiger partial charge is 0.132 e. The maximum atomic E-state index is 6.07. The number of hydrogen-bond acceptors (Lipinski definition) is 5. The molecule has 1 aliphatic heterocycles. The summed E-state index contributed by atoms with van der Waals surface area (Å²) in [6.45, 7) is 2.08. The molecule has 3 aromatic heterocycles. The first-order chi connectivity index (χ1) is 11.8. The van der Waals surface area contributed by atoms with Crippen LogP contribution in [0.5, 0.6) is 0 Å². The third kappa shape index (κ3) is 2.76. The van der Waals surface area contributed by atoms with Gasteiger partial charge in [0.2, 0.25) is 0 Å². The van der Waals surface area contributed by atoms with Gasteiger partial charge >= 0.3 is 0 Å². The second kappa shape index (κ2) is 6.41. The molecule has 0 unspecified atom stereocenters. The zero-order valence-electron chi connectivity index (χ0n) is 13.4. The molecule has 4 N–H and O–H groups in total. The minimum absolute atomic E-state index is 0.475. The number of rotatable bonds is 3. The lowest BCUT2D eigenvalue weighted by molar-refractivity contribution is 0.453. The van der Waals surface area contributed by atoms with Crippen molar-refractivity contribution < 1.29 is 0 Å². The zero-order valence-corrected chi connectivity index (χ0v) is 13.4. The molecule has 4 heterocycles. The molecule has 0 bridgehead atoms. The van der Waals surface area contributed by atoms with Crippen LogP contribution in [0.2, 0.25) is 0 Å². The molecule has 0 radical (unpaired) electrons. The van der Waals surface area contributed by atoms with Crippen LogP contribution in [0, 0.1) is 0 Å². The van der Waals surface area contributed by atoms with Crippen molar-refractivity contribution in [3.63, 3.8) is 0 Å². The Hall–Kier alpha value is -2.73. The van der Waals surface area contributed by atoms with E-state index in [0.717, 1.165) is 54.0 Å². The lowest BCUT2D eigenvalue weighted by Gasteiger charge is -2.22. The normalized spacial score (nSPS) is 15.5. The molecule has 1 fully saturated rings. The number of H-pyrrole nitrogens is 1. The maximum absolute atomic E-state index is 6.07. The molecule has 0 atom stereocenters. The highest BCUT2D eigenvalue weighted by atomic mass is 15.1. The number of piperidine rings is 1. The Kier molecular flexibility index (Phi) is 3.96. The number of aromatic nitrogens is 4. The molecular formula is C18H20N6. The number of nitrogens with zero attached hydrogens (tertiary/aromatic N) is 3. The van der Waals surface area contributed by atoms with Crippen molar-refractivity contribution in [3.05, 3.63) is 48.5 Å². The second-order valence-corrected chi connectivity index (χ2v) is 6.08. The van der Waals surface area contributed by atoms with Gasteiger partial charge in [-0.2, -0.15) is 5.10 Å². The molecule has 1 saturated heterocycles. The SMILES string of the molecule is Nc1ncc(-c2c[nH]nc2C2CCNCC2)cc1-c1ccccn1. The van der Waals surface area contributed by atoms with E-state index in [9.17, 15) is 0 Å². The van der Waals surface area contributed by atoms with Crippen molar-refractivity contribution in [3.8, 4) is 22.4 Å². The summed E-state index contributed by atoms with van der Waals surface area (Å²) >= 11 is 0. The topological polar surface area (TPSA) is 92.5 Å². The first kappa shape index (κ1) is 14.8. The molecule has 6 nitrogen and oxygen atoms in total. The van der Waals surface area contributed by atoms with Gasteiger partial charge in [0.1, 0.15) is 5.82 Å². The first-order valence-electron chi connectivity index (χ1n) is 8.24. The Morgan fingerprint density at radius 2 is 1.96 bits per heavy atom. The van der Waals surface area contributed by atoms with Gasteiger partial charge in [0.05, 0.1) is 11.4 Å². The summed E-state index contributed by atoms with van der Waals surface area (Å²) in [7, 11) is 0. The zero-order chi connectivity index (χ0) is 16.4. The summed E-state index contributed by atoms with van der Waals surface area (Å²) in [5.41, 5.74) is 11.0. The highest BCUT2D eigenvalue weighted by molar-refractivity contribution is 5.78. The van der Waals surface area contributed by atoms with E-state index in [1.165, 1.54) is 0 Å². The van der Waals surface area contributed by atoms with E-state index in [4.69, 9.17) is 5.73 Å². The summed E-state index contributed by atoms with van der Waals surface area (Å²) in [6, 6.07) is 7.84. The predicted molar refractivity (Wildman–Crippen MR) is 94.3 cm³/mol. The van der Waals surface area contributed by atoms with Gasteiger partial charge in [-0.15, -0.1) is 0 Å². The molecule has 0 aliphatic carbocycles. The number of nitrogens with one attached hydrogen (secondary N) is 2. The van der Waals surface area contributed by atoms with E-state index < -0.39 is 0 Å². The Labute approximate surface area is 140 Å². The second-order valence-electron chi connectivity index (χ2n) is 6.08. The number of pyridine rings is 2.